The Morgan fingerprint density at radius 2 is 2.00 bits per heavy atom. The fourth-order valence-corrected chi connectivity index (χ4v) is 3.75. The van der Waals surface area contributed by atoms with Gasteiger partial charge in [-0.3, -0.25) is 4.79 Å². The second-order valence-electron chi connectivity index (χ2n) is 5.20. The molecule has 1 aromatic heterocycles. The van der Waals surface area contributed by atoms with Crippen LogP contribution in [0.2, 0.25) is 5.02 Å². The number of hydrogen-bond donors (Lipinski definition) is 1. The number of thiazole rings is 1. The Labute approximate surface area is 157 Å². The molecule has 2 aromatic carbocycles. The molecule has 0 saturated heterocycles. The average molecular weight is 422 g/mol. The number of amides is 1. The Bertz CT molecular complexity index is 851. The van der Waals surface area contributed by atoms with E-state index in [1.807, 2.05) is 53.9 Å². The van der Waals surface area contributed by atoms with Crippen LogP contribution >= 0.6 is 38.9 Å². The number of carbonyl (C=O) groups excluding carboxylic acids is 1. The minimum absolute atomic E-state index is 0.0705. The molecule has 3 rings (SSSR count). The molecule has 1 amide bonds. The van der Waals surface area contributed by atoms with Crippen LogP contribution in [0.25, 0.3) is 10.6 Å². The molecule has 0 atom stereocenters. The summed E-state index contributed by atoms with van der Waals surface area (Å²) in [4.78, 5) is 16.6. The van der Waals surface area contributed by atoms with Gasteiger partial charge in [-0.15, -0.1) is 11.3 Å². The van der Waals surface area contributed by atoms with E-state index in [1.165, 1.54) is 0 Å². The Morgan fingerprint density at radius 1 is 1.21 bits per heavy atom. The number of hydrogen-bond acceptors (Lipinski definition) is 3. The summed E-state index contributed by atoms with van der Waals surface area (Å²) in [5.41, 5.74) is 2.73. The SMILES string of the molecule is O=C(Cc1csc(-c2ccccc2)n1)NCc1ccc(Br)cc1Cl. The van der Waals surface area contributed by atoms with Crippen LogP contribution in [0.1, 0.15) is 11.3 Å². The lowest BCUT2D eigenvalue weighted by Gasteiger charge is -2.06. The minimum Gasteiger partial charge on any atom is -0.352 e. The van der Waals surface area contributed by atoms with Gasteiger partial charge in [0.05, 0.1) is 12.1 Å². The summed E-state index contributed by atoms with van der Waals surface area (Å²) in [5.74, 6) is -0.0705. The van der Waals surface area contributed by atoms with Gasteiger partial charge in [0.1, 0.15) is 5.01 Å². The zero-order valence-electron chi connectivity index (χ0n) is 12.6. The van der Waals surface area contributed by atoms with Crippen molar-refractivity contribution in [3.05, 3.63) is 74.7 Å². The normalized spacial score (nSPS) is 10.6. The average Bonchev–Trinajstić information content (AvgIpc) is 3.03. The zero-order valence-corrected chi connectivity index (χ0v) is 15.8. The van der Waals surface area contributed by atoms with Gasteiger partial charge in [-0.05, 0) is 17.7 Å². The molecular weight excluding hydrogens is 408 g/mol. The summed E-state index contributed by atoms with van der Waals surface area (Å²) in [6.45, 7) is 0.403. The highest BCUT2D eigenvalue weighted by Gasteiger charge is 2.09. The van der Waals surface area contributed by atoms with Crippen LogP contribution in [0.3, 0.4) is 0 Å². The summed E-state index contributed by atoms with van der Waals surface area (Å²) in [5, 5.41) is 6.36. The lowest BCUT2D eigenvalue weighted by molar-refractivity contribution is -0.120. The summed E-state index contributed by atoms with van der Waals surface area (Å²) in [6.07, 6.45) is 0.261. The third-order valence-electron chi connectivity index (χ3n) is 3.41. The quantitative estimate of drug-likeness (QED) is 0.624. The van der Waals surface area contributed by atoms with Crippen LogP contribution in [0.4, 0.5) is 0 Å². The molecule has 6 heteroatoms. The van der Waals surface area contributed by atoms with E-state index in [0.717, 1.165) is 26.3 Å². The van der Waals surface area contributed by atoms with Crippen molar-refractivity contribution < 1.29 is 4.79 Å². The number of halogens is 2. The maximum absolute atomic E-state index is 12.1. The van der Waals surface area contributed by atoms with E-state index < -0.39 is 0 Å². The van der Waals surface area contributed by atoms with Crippen LogP contribution in [-0.4, -0.2) is 10.9 Å². The Hall–Kier alpha value is -1.69. The first-order valence-electron chi connectivity index (χ1n) is 7.32. The predicted octanol–water partition coefficient (Wildman–Crippen LogP) is 5.08. The highest BCUT2D eigenvalue weighted by Crippen LogP contribution is 2.24. The van der Waals surface area contributed by atoms with Crippen molar-refractivity contribution in [2.75, 3.05) is 0 Å². The molecule has 3 nitrogen and oxygen atoms in total. The molecule has 0 aliphatic heterocycles. The van der Waals surface area contributed by atoms with E-state index in [9.17, 15) is 4.79 Å². The van der Waals surface area contributed by atoms with Gasteiger partial charge in [-0.2, -0.15) is 0 Å². The fraction of sp³-hybridized carbons (Fsp3) is 0.111. The van der Waals surface area contributed by atoms with Crippen LogP contribution in [0.5, 0.6) is 0 Å². The number of nitrogens with zero attached hydrogens (tertiary/aromatic N) is 1. The summed E-state index contributed by atoms with van der Waals surface area (Å²) in [6, 6.07) is 15.6. The van der Waals surface area contributed by atoms with Crippen molar-refractivity contribution in [1.29, 1.82) is 0 Å². The fourth-order valence-electron chi connectivity index (χ4n) is 2.19. The lowest BCUT2D eigenvalue weighted by atomic mass is 10.2. The molecule has 3 aromatic rings. The van der Waals surface area contributed by atoms with E-state index in [0.29, 0.717) is 11.6 Å². The summed E-state index contributed by atoms with van der Waals surface area (Å²) >= 11 is 11.1. The molecule has 1 heterocycles. The predicted molar refractivity (Wildman–Crippen MR) is 102 cm³/mol. The van der Waals surface area contributed by atoms with Crippen LogP contribution in [0, 0.1) is 0 Å². The van der Waals surface area contributed by atoms with Crippen molar-refractivity contribution in [1.82, 2.24) is 10.3 Å². The maximum atomic E-state index is 12.1. The molecule has 0 spiro atoms. The smallest absolute Gasteiger partial charge is 0.226 e. The van der Waals surface area contributed by atoms with Gasteiger partial charge in [0.25, 0.3) is 0 Å². The molecule has 122 valence electrons. The van der Waals surface area contributed by atoms with Gasteiger partial charge in [0, 0.05) is 27.0 Å². The molecule has 0 unspecified atom stereocenters. The molecule has 0 aliphatic rings. The molecule has 24 heavy (non-hydrogen) atoms. The Morgan fingerprint density at radius 3 is 2.75 bits per heavy atom. The number of rotatable bonds is 5. The van der Waals surface area contributed by atoms with E-state index in [1.54, 1.807) is 11.3 Å². The van der Waals surface area contributed by atoms with Crippen LogP contribution < -0.4 is 5.32 Å². The Balaban J connectivity index is 1.58. The molecule has 0 radical (unpaired) electrons. The van der Waals surface area contributed by atoms with Crippen molar-refractivity contribution in [2.45, 2.75) is 13.0 Å². The van der Waals surface area contributed by atoms with Crippen LogP contribution in [-0.2, 0) is 17.8 Å². The topological polar surface area (TPSA) is 42.0 Å². The van der Waals surface area contributed by atoms with Crippen molar-refractivity contribution in [3.63, 3.8) is 0 Å². The first kappa shape index (κ1) is 17.1. The molecule has 0 fully saturated rings. The van der Waals surface area contributed by atoms with Crippen molar-refractivity contribution >= 4 is 44.8 Å². The Kier molecular flexibility index (Phi) is 5.66. The van der Waals surface area contributed by atoms with E-state index >= 15 is 0 Å². The zero-order chi connectivity index (χ0) is 16.9. The standard InChI is InChI=1S/C18H14BrClN2OS/c19-14-7-6-13(16(20)8-14)10-21-17(23)9-15-11-24-18(22-15)12-4-2-1-3-5-12/h1-8,11H,9-10H2,(H,21,23). The van der Waals surface area contributed by atoms with Gasteiger partial charge >= 0.3 is 0 Å². The van der Waals surface area contributed by atoms with Gasteiger partial charge in [0.15, 0.2) is 0 Å². The second-order valence-corrected chi connectivity index (χ2v) is 7.38. The van der Waals surface area contributed by atoms with Gasteiger partial charge < -0.3 is 5.32 Å². The van der Waals surface area contributed by atoms with Gasteiger partial charge in [-0.25, -0.2) is 4.98 Å². The van der Waals surface area contributed by atoms with E-state index in [-0.39, 0.29) is 12.3 Å². The maximum Gasteiger partial charge on any atom is 0.226 e. The van der Waals surface area contributed by atoms with Crippen molar-refractivity contribution in [2.24, 2.45) is 0 Å². The second kappa shape index (κ2) is 7.92. The largest absolute Gasteiger partial charge is 0.352 e. The first-order chi connectivity index (χ1) is 11.6. The van der Waals surface area contributed by atoms with E-state index in [2.05, 4.69) is 26.2 Å². The molecule has 0 saturated carbocycles. The third kappa shape index (κ3) is 4.44. The highest BCUT2D eigenvalue weighted by molar-refractivity contribution is 9.10. The van der Waals surface area contributed by atoms with Gasteiger partial charge in [0.2, 0.25) is 5.91 Å². The first-order valence-corrected chi connectivity index (χ1v) is 9.37. The summed E-state index contributed by atoms with van der Waals surface area (Å²) < 4.78 is 0.915. The highest BCUT2D eigenvalue weighted by atomic mass is 79.9. The van der Waals surface area contributed by atoms with E-state index in [4.69, 9.17) is 11.6 Å². The van der Waals surface area contributed by atoms with Crippen LogP contribution in [0.15, 0.2) is 58.4 Å². The monoisotopic (exact) mass is 420 g/mol. The number of aromatic nitrogens is 1. The molecular formula is C18H14BrClN2OS. The molecule has 0 bridgehead atoms. The lowest BCUT2D eigenvalue weighted by Crippen LogP contribution is -2.24. The number of carbonyl (C=O) groups is 1. The molecule has 0 aliphatic carbocycles. The summed E-state index contributed by atoms with van der Waals surface area (Å²) in [7, 11) is 0. The third-order valence-corrected chi connectivity index (χ3v) is 5.19. The van der Waals surface area contributed by atoms with Crippen molar-refractivity contribution in [3.8, 4) is 10.6 Å². The molecule has 1 N–H and O–H groups in total. The van der Waals surface area contributed by atoms with Gasteiger partial charge in [-0.1, -0.05) is 63.9 Å². The minimum atomic E-state index is -0.0705. The number of nitrogens with one attached hydrogen (secondary N) is 1. The number of benzene rings is 2.